The monoisotopic (exact) mass is 319 g/mol. The van der Waals surface area contributed by atoms with Crippen molar-refractivity contribution >= 4 is 41.0 Å². The van der Waals surface area contributed by atoms with Crippen molar-refractivity contribution in [1.82, 2.24) is 5.32 Å². The molecule has 8 heteroatoms. The van der Waals surface area contributed by atoms with Gasteiger partial charge in [-0.15, -0.1) is 0 Å². The minimum absolute atomic E-state index is 0.0441. The van der Waals surface area contributed by atoms with Crippen molar-refractivity contribution in [2.45, 2.75) is 18.9 Å². The van der Waals surface area contributed by atoms with Gasteiger partial charge in [0.1, 0.15) is 6.04 Å². The van der Waals surface area contributed by atoms with E-state index in [2.05, 4.69) is 5.32 Å². The molecule has 0 saturated heterocycles. The molecule has 0 aliphatic rings. The summed E-state index contributed by atoms with van der Waals surface area (Å²) in [6.07, 6.45) is -0.619. The van der Waals surface area contributed by atoms with E-state index < -0.39 is 23.9 Å². The second-order valence-electron chi connectivity index (χ2n) is 3.89. The van der Waals surface area contributed by atoms with Gasteiger partial charge >= 0.3 is 11.9 Å². The predicted octanol–water partition coefficient (Wildman–Crippen LogP) is 2.04. The van der Waals surface area contributed by atoms with Crippen LogP contribution in [0.3, 0.4) is 0 Å². The molecule has 0 fully saturated rings. The van der Waals surface area contributed by atoms with Crippen LogP contribution in [0.5, 0.6) is 0 Å². The number of hydrogen-bond acceptors (Lipinski definition) is 3. The van der Waals surface area contributed by atoms with E-state index in [9.17, 15) is 14.4 Å². The van der Waals surface area contributed by atoms with E-state index >= 15 is 0 Å². The van der Waals surface area contributed by atoms with Crippen LogP contribution in [0.25, 0.3) is 0 Å². The van der Waals surface area contributed by atoms with E-state index in [-0.39, 0.29) is 28.5 Å². The highest BCUT2D eigenvalue weighted by molar-refractivity contribution is 6.39. The lowest BCUT2D eigenvalue weighted by atomic mass is 10.1. The van der Waals surface area contributed by atoms with Gasteiger partial charge in [-0.05, 0) is 18.6 Å². The lowest BCUT2D eigenvalue weighted by Crippen LogP contribution is -2.41. The largest absolute Gasteiger partial charge is 0.481 e. The summed E-state index contributed by atoms with van der Waals surface area (Å²) in [5.41, 5.74) is -0.0441. The summed E-state index contributed by atoms with van der Waals surface area (Å²) < 4.78 is 0. The van der Waals surface area contributed by atoms with Gasteiger partial charge in [-0.2, -0.15) is 0 Å². The van der Waals surface area contributed by atoms with Crippen LogP contribution in [-0.4, -0.2) is 34.1 Å². The molecule has 6 nitrogen and oxygen atoms in total. The second-order valence-corrected chi connectivity index (χ2v) is 4.71. The van der Waals surface area contributed by atoms with Crippen LogP contribution < -0.4 is 5.32 Å². The molecule has 0 aliphatic heterocycles. The zero-order chi connectivity index (χ0) is 15.3. The Balaban J connectivity index is 2.86. The Morgan fingerprint density at radius 1 is 1.15 bits per heavy atom. The Morgan fingerprint density at radius 3 is 2.15 bits per heavy atom. The van der Waals surface area contributed by atoms with Crippen molar-refractivity contribution in [2.75, 3.05) is 0 Å². The number of amides is 1. The highest BCUT2D eigenvalue weighted by atomic mass is 35.5. The molecule has 0 aromatic heterocycles. The minimum atomic E-state index is -1.33. The fourth-order valence-electron chi connectivity index (χ4n) is 1.47. The Kier molecular flexibility index (Phi) is 5.79. The van der Waals surface area contributed by atoms with E-state index in [0.717, 1.165) is 0 Å². The fraction of sp³-hybridized carbons (Fsp3) is 0.250. The fourth-order valence-corrected chi connectivity index (χ4v) is 2.04. The molecule has 0 bridgehead atoms. The summed E-state index contributed by atoms with van der Waals surface area (Å²) >= 11 is 11.7. The summed E-state index contributed by atoms with van der Waals surface area (Å²) in [5.74, 6) is -3.25. The molecule has 0 unspecified atom stereocenters. The number of carbonyl (C=O) groups excluding carboxylic acids is 1. The molecular weight excluding hydrogens is 309 g/mol. The molecule has 0 heterocycles. The van der Waals surface area contributed by atoms with Gasteiger partial charge in [0.05, 0.1) is 15.6 Å². The normalized spacial score (nSPS) is 11.7. The maximum absolute atomic E-state index is 12.0. The van der Waals surface area contributed by atoms with Gasteiger partial charge in [-0.25, -0.2) is 4.79 Å². The molecule has 0 radical (unpaired) electrons. The average Bonchev–Trinajstić information content (AvgIpc) is 2.33. The first-order valence-electron chi connectivity index (χ1n) is 5.52. The number of carbonyl (C=O) groups is 3. The predicted molar refractivity (Wildman–Crippen MR) is 72.2 cm³/mol. The summed E-state index contributed by atoms with van der Waals surface area (Å²) in [6, 6.07) is 3.09. The van der Waals surface area contributed by atoms with Gasteiger partial charge in [-0.3, -0.25) is 9.59 Å². The quantitative estimate of drug-likeness (QED) is 0.744. The third-order valence-electron chi connectivity index (χ3n) is 2.44. The number of aliphatic carboxylic acids is 2. The van der Waals surface area contributed by atoms with Crippen LogP contribution in [0, 0.1) is 0 Å². The van der Waals surface area contributed by atoms with Crippen molar-refractivity contribution in [2.24, 2.45) is 0 Å². The highest BCUT2D eigenvalue weighted by Gasteiger charge is 2.23. The maximum atomic E-state index is 12.0. The molecule has 1 aromatic carbocycles. The third-order valence-corrected chi connectivity index (χ3v) is 3.07. The number of benzene rings is 1. The Labute approximate surface area is 124 Å². The SMILES string of the molecule is O=C(O)CC[C@H](NC(=O)c1c(Cl)cccc1Cl)C(=O)O. The van der Waals surface area contributed by atoms with E-state index in [1.54, 1.807) is 6.07 Å². The molecule has 1 atom stereocenters. The molecule has 20 heavy (non-hydrogen) atoms. The van der Waals surface area contributed by atoms with E-state index in [0.29, 0.717) is 0 Å². The van der Waals surface area contributed by atoms with Crippen LogP contribution in [0.4, 0.5) is 0 Å². The Hall–Kier alpha value is -1.79. The van der Waals surface area contributed by atoms with Crippen LogP contribution in [-0.2, 0) is 9.59 Å². The maximum Gasteiger partial charge on any atom is 0.326 e. The number of carboxylic acid groups (broad SMARTS) is 2. The van der Waals surface area contributed by atoms with Gasteiger partial charge in [0.25, 0.3) is 5.91 Å². The molecule has 3 N–H and O–H groups in total. The summed E-state index contributed by atoms with van der Waals surface area (Å²) in [7, 11) is 0. The number of nitrogens with one attached hydrogen (secondary N) is 1. The number of carboxylic acids is 2. The number of halogens is 2. The van der Waals surface area contributed by atoms with Crippen molar-refractivity contribution < 1.29 is 24.6 Å². The molecule has 0 saturated carbocycles. The van der Waals surface area contributed by atoms with Crippen LogP contribution in [0.15, 0.2) is 18.2 Å². The summed E-state index contributed by atoms with van der Waals surface area (Å²) in [5, 5.41) is 19.8. The molecular formula is C12H11Cl2NO5. The van der Waals surface area contributed by atoms with E-state index in [4.69, 9.17) is 33.4 Å². The Bertz CT molecular complexity index is 526. The zero-order valence-corrected chi connectivity index (χ0v) is 11.6. The third kappa shape index (κ3) is 4.40. The standard InChI is InChI=1S/C12H11Cl2NO5/c13-6-2-1-3-7(14)10(6)11(18)15-8(12(19)20)4-5-9(16)17/h1-3,8H,4-5H2,(H,15,18)(H,16,17)(H,19,20)/t8-/m0/s1. The number of hydrogen-bond donors (Lipinski definition) is 3. The van der Waals surface area contributed by atoms with Gasteiger partial charge in [-0.1, -0.05) is 29.3 Å². The zero-order valence-electron chi connectivity index (χ0n) is 10.1. The van der Waals surface area contributed by atoms with E-state index in [1.165, 1.54) is 12.1 Å². The van der Waals surface area contributed by atoms with Crippen LogP contribution >= 0.6 is 23.2 Å². The van der Waals surface area contributed by atoms with Gasteiger partial charge in [0, 0.05) is 6.42 Å². The first kappa shape index (κ1) is 16.3. The molecule has 1 rings (SSSR count). The number of rotatable bonds is 6. The molecule has 1 amide bonds. The summed E-state index contributed by atoms with van der Waals surface area (Å²) in [6.45, 7) is 0. The van der Waals surface area contributed by atoms with Crippen LogP contribution in [0.2, 0.25) is 10.0 Å². The van der Waals surface area contributed by atoms with E-state index in [1.807, 2.05) is 0 Å². The van der Waals surface area contributed by atoms with Gasteiger partial charge in [0.15, 0.2) is 0 Å². The highest BCUT2D eigenvalue weighted by Crippen LogP contribution is 2.24. The molecule has 0 aliphatic carbocycles. The average molecular weight is 320 g/mol. The minimum Gasteiger partial charge on any atom is -0.481 e. The first-order valence-corrected chi connectivity index (χ1v) is 6.28. The first-order chi connectivity index (χ1) is 9.32. The van der Waals surface area contributed by atoms with Gasteiger partial charge < -0.3 is 15.5 Å². The Morgan fingerprint density at radius 2 is 1.70 bits per heavy atom. The van der Waals surface area contributed by atoms with Gasteiger partial charge in [0.2, 0.25) is 0 Å². The van der Waals surface area contributed by atoms with Crippen molar-refractivity contribution in [3.63, 3.8) is 0 Å². The van der Waals surface area contributed by atoms with Crippen molar-refractivity contribution in [1.29, 1.82) is 0 Å². The second kappa shape index (κ2) is 7.12. The topological polar surface area (TPSA) is 104 Å². The molecule has 1 aromatic rings. The molecule has 0 spiro atoms. The lowest BCUT2D eigenvalue weighted by Gasteiger charge is -2.14. The summed E-state index contributed by atoms with van der Waals surface area (Å²) in [4.78, 5) is 33.4. The smallest absolute Gasteiger partial charge is 0.326 e. The lowest BCUT2D eigenvalue weighted by molar-refractivity contribution is -0.140. The molecule has 108 valence electrons. The van der Waals surface area contributed by atoms with Crippen molar-refractivity contribution in [3.8, 4) is 0 Å². The van der Waals surface area contributed by atoms with Crippen LogP contribution in [0.1, 0.15) is 23.2 Å². The van der Waals surface area contributed by atoms with Crippen molar-refractivity contribution in [3.05, 3.63) is 33.8 Å².